The molecule has 4 aromatic carbocycles. The van der Waals surface area contributed by atoms with Crippen LogP contribution in [0.15, 0.2) is 103 Å². The Hall–Kier alpha value is -4.40. The van der Waals surface area contributed by atoms with E-state index in [-0.39, 0.29) is 11.4 Å². The number of nitrogens with zero attached hydrogens (tertiary/aromatic N) is 1. The predicted molar refractivity (Wildman–Crippen MR) is 140 cm³/mol. The highest BCUT2D eigenvalue weighted by atomic mass is 35.5. The number of hydrogen-bond donors (Lipinski definition) is 1. The first-order valence-electron chi connectivity index (χ1n) is 11.2. The summed E-state index contributed by atoms with van der Waals surface area (Å²) in [4.78, 5) is 12.8. The zero-order valence-electron chi connectivity index (χ0n) is 19.2. The molecule has 0 aliphatic heterocycles. The van der Waals surface area contributed by atoms with Gasteiger partial charge < -0.3 is 10.1 Å². The molecule has 4 aromatic rings. The van der Waals surface area contributed by atoms with Crippen molar-refractivity contribution in [2.24, 2.45) is 0 Å². The first-order chi connectivity index (χ1) is 17.5. The second-order valence-electron chi connectivity index (χ2n) is 8.07. The van der Waals surface area contributed by atoms with E-state index in [9.17, 15) is 14.4 Å². The lowest BCUT2D eigenvalue weighted by Crippen LogP contribution is -2.13. The van der Waals surface area contributed by atoms with Gasteiger partial charge in [0.05, 0.1) is 0 Å². The minimum Gasteiger partial charge on any atom is -0.489 e. The highest BCUT2D eigenvalue weighted by molar-refractivity contribution is 6.30. The Morgan fingerprint density at radius 2 is 1.69 bits per heavy atom. The van der Waals surface area contributed by atoms with Crippen molar-refractivity contribution < 1.29 is 13.9 Å². The van der Waals surface area contributed by atoms with Crippen LogP contribution in [0.1, 0.15) is 22.3 Å². The third kappa shape index (κ3) is 6.82. The molecule has 6 heteroatoms. The molecule has 0 saturated carbocycles. The number of carbonyl (C=O) groups excluding carboxylic acids is 1. The summed E-state index contributed by atoms with van der Waals surface area (Å²) in [6.45, 7) is 0.436. The van der Waals surface area contributed by atoms with Gasteiger partial charge in [-0.05, 0) is 83.3 Å². The number of anilines is 1. The Kier molecular flexibility index (Phi) is 8.12. The van der Waals surface area contributed by atoms with E-state index in [2.05, 4.69) is 5.32 Å². The molecule has 36 heavy (non-hydrogen) atoms. The van der Waals surface area contributed by atoms with Gasteiger partial charge in [-0.1, -0.05) is 60.1 Å². The topological polar surface area (TPSA) is 62.1 Å². The zero-order valence-corrected chi connectivity index (χ0v) is 20.0. The first kappa shape index (κ1) is 24.7. The highest BCUT2D eigenvalue weighted by Gasteiger charge is 2.12. The summed E-state index contributed by atoms with van der Waals surface area (Å²) in [6.07, 6.45) is 1.92. The number of amides is 1. The molecular weight excluding hydrogens is 475 g/mol. The van der Waals surface area contributed by atoms with Gasteiger partial charge in [-0.2, -0.15) is 5.26 Å². The van der Waals surface area contributed by atoms with Gasteiger partial charge in [0.15, 0.2) is 0 Å². The summed E-state index contributed by atoms with van der Waals surface area (Å²) < 4.78 is 19.4. The number of hydrogen-bond acceptors (Lipinski definition) is 3. The molecule has 0 bridgehead atoms. The summed E-state index contributed by atoms with van der Waals surface area (Å²) in [6, 6.07) is 30.2. The van der Waals surface area contributed by atoms with E-state index >= 15 is 0 Å². The average Bonchev–Trinajstić information content (AvgIpc) is 2.89. The summed E-state index contributed by atoms with van der Waals surface area (Å²) in [5.41, 5.74) is 3.69. The van der Waals surface area contributed by atoms with Crippen LogP contribution in [0.4, 0.5) is 10.1 Å². The second-order valence-corrected chi connectivity index (χ2v) is 8.51. The minimum atomic E-state index is -0.549. The van der Waals surface area contributed by atoms with Crippen LogP contribution in [0.2, 0.25) is 5.02 Å². The van der Waals surface area contributed by atoms with Gasteiger partial charge in [-0.3, -0.25) is 4.79 Å². The molecule has 0 fully saturated rings. The van der Waals surface area contributed by atoms with Crippen LogP contribution in [-0.4, -0.2) is 5.91 Å². The molecule has 0 aromatic heterocycles. The van der Waals surface area contributed by atoms with E-state index in [4.69, 9.17) is 16.3 Å². The molecule has 0 radical (unpaired) electrons. The third-order valence-corrected chi connectivity index (χ3v) is 5.65. The van der Waals surface area contributed by atoms with Crippen LogP contribution in [0.25, 0.3) is 6.08 Å². The minimum absolute atomic E-state index is 0.0813. The number of rotatable bonds is 8. The quantitative estimate of drug-likeness (QED) is 0.207. The molecule has 1 amide bonds. The Balaban J connectivity index is 1.46. The lowest BCUT2D eigenvalue weighted by atomic mass is 9.98. The monoisotopic (exact) mass is 496 g/mol. The number of halogens is 2. The number of nitriles is 1. The SMILES string of the molecule is N#C/C(=C\c1cc(Cl)ccc1Cc1cccc(F)c1)C(=O)Nc1ccc(OCc2ccccc2)cc1. The largest absolute Gasteiger partial charge is 0.489 e. The second kappa shape index (κ2) is 11.8. The summed E-state index contributed by atoms with van der Waals surface area (Å²) in [5, 5.41) is 12.9. The fourth-order valence-corrected chi connectivity index (χ4v) is 3.79. The van der Waals surface area contributed by atoms with Crippen LogP contribution >= 0.6 is 11.6 Å². The maximum Gasteiger partial charge on any atom is 0.266 e. The summed E-state index contributed by atoms with van der Waals surface area (Å²) >= 11 is 6.18. The highest BCUT2D eigenvalue weighted by Crippen LogP contribution is 2.23. The molecule has 0 atom stereocenters. The van der Waals surface area contributed by atoms with Crippen molar-refractivity contribution in [3.05, 3.63) is 136 Å². The number of benzene rings is 4. The van der Waals surface area contributed by atoms with Crippen molar-refractivity contribution in [3.8, 4) is 11.8 Å². The molecule has 0 aliphatic rings. The van der Waals surface area contributed by atoms with Crippen LogP contribution in [0.5, 0.6) is 5.75 Å². The van der Waals surface area contributed by atoms with E-state index in [0.717, 1.165) is 16.7 Å². The lowest BCUT2D eigenvalue weighted by molar-refractivity contribution is -0.112. The molecule has 0 aliphatic carbocycles. The van der Waals surface area contributed by atoms with Gasteiger partial charge >= 0.3 is 0 Å². The smallest absolute Gasteiger partial charge is 0.266 e. The number of ether oxygens (including phenoxy) is 1. The molecule has 0 unspecified atom stereocenters. The summed E-state index contributed by atoms with van der Waals surface area (Å²) in [5.74, 6) is -0.215. The predicted octanol–water partition coefficient (Wildman–Crippen LogP) is 7.19. The van der Waals surface area contributed by atoms with Crippen LogP contribution in [0.3, 0.4) is 0 Å². The number of carbonyl (C=O) groups is 1. The molecule has 1 N–H and O–H groups in total. The van der Waals surface area contributed by atoms with Crippen LogP contribution in [0, 0.1) is 17.1 Å². The van der Waals surface area contributed by atoms with Crippen molar-refractivity contribution in [2.45, 2.75) is 13.0 Å². The van der Waals surface area contributed by atoms with E-state index in [0.29, 0.717) is 35.1 Å². The molecule has 4 nitrogen and oxygen atoms in total. The Bertz CT molecular complexity index is 1430. The summed E-state index contributed by atoms with van der Waals surface area (Å²) in [7, 11) is 0. The normalized spacial score (nSPS) is 11.0. The molecule has 0 heterocycles. The standard InChI is InChI=1S/C30H22ClFN2O2/c31-26-10-9-23(15-22-7-4-8-27(32)16-22)24(18-26)17-25(19-33)30(35)34-28-11-13-29(14-12-28)36-20-21-5-2-1-3-6-21/h1-14,16-18H,15,20H2,(H,34,35)/b25-17+. The van der Waals surface area contributed by atoms with Crippen molar-refractivity contribution >= 4 is 29.3 Å². The maximum absolute atomic E-state index is 13.6. The Morgan fingerprint density at radius 1 is 0.944 bits per heavy atom. The van der Waals surface area contributed by atoms with Crippen molar-refractivity contribution in [1.29, 1.82) is 5.26 Å². The number of nitrogens with one attached hydrogen (secondary N) is 1. The van der Waals surface area contributed by atoms with E-state index in [1.807, 2.05) is 42.5 Å². The first-order valence-corrected chi connectivity index (χ1v) is 11.6. The van der Waals surface area contributed by atoms with Gasteiger partial charge in [0.1, 0.15) is 29.8 Å². The van der Waals surface area contributed by atoms with Crippen molar-refractivity contribution in [3.63, 3.8) is 0 Å². The molecule has 0 saturated heterocycles. The molecule has 0 spiro atoms. The maximum atomic E-state index is 13.6. The van der Waals surface area contributed by atoms with E-state index in [1.54, 1.807) is 48.5 Å². The van der Waals surface area contributed by atoms with E-state index < -0.39 is 5.91 Å². The fraction of sp³-hybridized carbons (Fsp3) is 0.0667. The van der Waals surface area contributed by atoms with Gasteiger partial charge in [-0.25, -0.2) is 4.39 Å². The van der Waals surface area contributed by atoms with Gasteiger partial charge in [0.25, 0.3) is 5.91 Å². The van der Waals surface area contributed by atoms with Gasteiger partial charge in [-0.15, -0.1) is 0 Å². The Labute approximate surface area is 214 Å². The Morgan fingerprint density at radius 3 is 2.42 bits per heavy atom. The van der Waals surface area contributed by atoms with Crippen LogP contribution in [-0.2, 0) is 17.8 Å². The van der Waals surface area contributed by atoms with Gasteiger partial charge in [0.2, 0.25) is 0 Å². The van der Waals surface area contributed by atoms with Crippen LogP contribution < -0.4 is 10.1 Å². The average molecular weight is 497 g/mol. The third-order valence-electron chi connectivity index (χ3n) is 5.42. The van der Waals surface area contributed by atoms with Crippen molar-refractivity contribution in [2.75, 3.05) is 5.32 Å². The van der Waals surface area contributed by atoms with Gasteiger partial charge in [0, 0.05) is 10.7 Å². The molecule has 178 valence electrons. The molecular formula is C30H22ClFN2O2. The molecule has 4 rings (SSSR count). The zero-order chi connectivity index (χ0) is 25.3. The lowest BCUT2D eigenvalue weighted by Gasteiger charge is -2.10. The fourth-order valence-electron chi connectivity index (χ4n) is 3.61. The van der Waals surface area contributed by atoms with E-state index in [1.165, 1.54) is 18.2 Å². The van der Waals surface area contributed by atoms with Crippen molar-refractivity contribution in [1.82, 2.24) is 0 Å².